The number of imide groups is 1. The summed E-state index contributed by atoms with van der Waals surface area (Å²) in [5.41, 5.74) is 0.640. The van der Waals surface area contributed by atoms with Gasteiger partial charge in [-0.25, -0.2) is 4.79 Å². The fourth-order valence-corrected chi connectivity index (χ4v) is 4.46. The van der Waals surface area contributed by atoms with Crippen molar-refractivity contribution in [1.29, 1.82) is 0 Å². The minimum Gasteiger partial charge on any atom is -0.490 e. The Labute approximate surface area is 174 Å². The molecule has 0 radical (unpaired) electrons. The van der Waals surface area contributed by atoms with E-state index in [1.807, 2.05) is 19.1 Å². The smallest absolute Gasteiger partial charge is 0.344 e. The molecule has 1 aromatic carbocycles. The molecule has 4 rings (SSSR count). The van der Waals surface area contributed by atoms with Gasteiger partial charge in [0.25, 0.3) is 11.8 Å². The summed E-state index contributed by atoms with van der Waals surface area (Å²) in [6.07, 6.45) is 6.44. The number of allylic oxidation sites excluding steroid dienone is 2. The topological polar surface area (TPSA) is 94.5 Å². The Hall–Kier alpha value is -3.16. The van der Waals surface area contributed by atoms with Crippen LogP contribution in [0, 0.1) is 23.7 Å². The van der Waals surface area contributed by atoms with E-state index in [-0.39, 0.29) is 48.7 Å². The first kappa shape index (κ1) is 20.1. The molecular weight excluding hydrogens is 388 g/mol. The van der Waals surface area contributed by atoms with Gasteiger partial charge in [0.15, 0.2) is 18.1 Å². The molecule has 0 spiro atoms. The van der Waals surface area contributed by atoms with Crippen LogP contribution in [0.2, 0.25) is 0 Å². The number of ether oxygens (including phenoxy) is 3. The summed E-state index contributed by atoms with van der Waals surface area (Å²) in [5.74, 6) is -0.337. The third-order valence-corrected chi connectivity index (χ3v) is 5.69. The van der Waals surface area contributed by atoms with Crippen molar-refractivity contribution in [1.82, 2.24) is 5.01 Å². The Kier molecular flexibility index (Phi) is 5.57. The van der Waals surface area contributed by atoms with E-state index in [1.54, 1.807) is 25.1 Å². The number of esters is 1. The van der Waals surface area contributed by atoms with E-state index >= 15 is 0 Å². The summed E-state index contributed by atoms with van der Waals surface area (Å²) in [5, 5.41) is 5.18. The highest BCUT2D eigenvalue weighted by molar-refractivity contribution is 6.06. The molecule has 1 saturated carbocycles. The standard InChI is InChI=1S/C22H24N2O6/c1-3-28-17-9-13(5-8-16(17)30-12-18(25)29-4-2)11-23-24-21(26)19-14-6-7-15(10-14)20(19)22(24)27/h5-9,11,14-15,19-20H,3-4,10,12H2,1-2H3/t14-,15-,19-,20+/m0/s1. The lowest BCUT2D eigenvalue weighted by Crippen LogP contribution is -2.28. The van der Waals surface area contributed by atoms with Crippen molar-refractivity contribution in [2.45, 2.75) is 20.3 Å². The van der Waals surface area contributed by atoms with Crippen LogP contribution < -0.4 is 9.47 Å². The lowest BCUT2D eigenvalue weighted by molar-refractivity contribution is -0.145. The number of hydrazone groups is 1. The van der Waals surface area contributed by atoms with E-state index in [1.165, 1.54) is 6.21 Å². The van der Waals surface area contributed by atoms with Gasteiger partial charge in [-0.05, 0) is 55.9 Å². The van der Waals surface area contributed by atoms with Crippen molar-refractivity contribution in [3.63, 3.8) is 0 Å². The van der Waals surface area contributed by atoms with Crippen LogP contribution in [-0.2, 0) is 19.1 Å². The van der Waals surface area contributed by atoms with Gasteiger partial charge in [0.2, 0.25) is 0 Å². The number of benzene rings is 1. The predicted octanol–water partition coefficient (Wildman–Crippen LogP) is 2.17. The highest BCUT2D eigenvalue weighted by atomic mass is 16.6. The second kappa shape index (κ2) is 8.30. The minimum atomic E-state index is -0.467. The molecule has 4 atom stereocenters. The molecule has 1 aliphatic heterocycles. The van der Waals surface area contributed by atoms with Crippen molar-refractivity contribution in [3.05, 3.63) is 35.9 Å². The van der Waals surface area contributed by atoms with Gasteiger partial charge in [0, 0.05) is 0 Å². The first-order chi connectivity index (χ1) is 14.5. The molecule has 0 unspecified atom stereocenters. The summed E-state index contributed by atoms with van der Waals surface area (Å²) in [6, 6.07) is 5.05. The maximum absolute atomic E-state index is 12.7. The zero-order valence-electron chi connectivity index (χ0n) is 16.9. The SMILES string of the molecule is CCOC(=O)COc1ccc(C=NN2C(=O)[C@@H]3[C@H](C2=O)[C@H]2C=C[C@H]3C2)cc1OCC. The lowest BCUT2D eigenvalue weighted by Gasteiger charge is -2.13. The number of rotatable bonds is 8. The highest BCUT2D eigenvalue weighted by Crippen LogP contribution is 2.52. The van der Waals surface area contributed by atoms with E-state index in [9.17, 15) is 14.4 Å². The lowest BCUT2D eigenvalue weighted by atomic mass is 9.85. The van der Waals surface area contributed by atoms with E-state index in [0.29, 0.717) is 23.7 Å². The minimum absolute atomic E-state index is 0.150. The third-order valence-electron chi connectivity index (χ3n) is 5.69. The highest BCUT2D eigenvalue weighted by Gasteiger charge is 2.59. The van der Waals surface area contributed by atoms with Gasteiger partial charge < -0.3 is 14.2 Å². The van der Waals surface area contributed by atoms with Gasteiger partial charge in [-0.1, -0.05) is 12.2 Å². The molecule has 8 nitrogen and oxygen atoms in total. The van der Waals surface area contributed by atoms with Crippen LogP contribution in [0.5, 0.6) is 11.5 Å². The zero-order chi connectivity index (χ0) is 21.3. The second-order valence-electron chi connectivity index (χ2n) is 7.47. The molecule has 158 valence electrons. The number of nitrogens with zero attached hydrogens (tertiary/aromatic N) is 2. The van der Waals surface area contributed by atoms with Gasteiger partial charge >= 0.3 is 5.97 Å². The van der Waals surface area contributed by atoms with Gasteiger partial charge in [0.1, 0.15) is 0 Å². The maximum atomic E-state index is 12.7. The first-order valence-electron chi connectivity index (χ1n) is 10.2. The Morgan fingerprint density at radius 1 is 1.07 bits per heavy atom. The predicted molar refractivity (Wildman–Crippen MR) is 107 cm³/mol. The normalized spacial score (nSPS) is 26.5. The fraction of sp³-hybridized carbons (Fsp3) is 0.455. The molecule has 1 aromatic rings. The van der Waals surface area contributed by atoms with Crippen LogP contribution in [0.3, 0.4) is 0 Å². The van der Waals surface area contributed by atoms with Crippen LogP contribution in [0.15, 0.2) is 35.5 Å². The van der Waals surface area contributed by atoms with Crippen LogP contribution >= 0.6 is 0 Å². The molecule has 0 N–H and O–H groups in total. The van der Waals surface area contributed by atoms with Crippen LogP contribution in [0.4, 0.5) is 0 Å². The maximum Gasteiger partial charge on any atom is 0.344 e. The Morgan fingerprint density at radius 3 is 2.40 bits per heavy atom. The quantitative estimate of drug-likeness (QED) is 0.281. The number of fused-ring (bicyclic) bond motifs is 5. The first-order valence-corrected chi connectivity index (χ1v) is 10.2. The van der Waals surface area contributed by atoms with Crippen molar-refractivity contribution >= 4 is 24.0 Å². The Bertz CT molecular complexity index is 894. The summed E-state index contributed by atoms with van der Waals surface area (Å²) in [4.78, 5) is 36.9. The van der Waals surface area contributed by atoms with Gasteiger partial charge in [0.05, 0.1) is 31.3 Å². The monoisotopic (exact) mass is 412 g/mol. The van der Waals surface area contributed by atoms with E-state index in [4.69, 9.17) is 14.2 Å². The van der Waals surface area contributed by atoms with E-state index in [0.717, 1.165) is 11.4 Å². The molecule has 1 heterocycles. The van der Waals surface area contributed by atoms with E-state index in [2.05, 4.69) is 5.10 Å². The molecule has 2 aliphatic carbocycles. The zero-order valence-corrected chi connectivity index (χ0v) is 16.9. The molecule has 30 heavy (non-hydrogen) atoms. The van der Waals surface area contributed by atoms with Gasteiger partial charge in [-0.3, -0.25) is 9.59 Å². The average molecular weight is 412 g/mol. The van der Waals surface area contributed by atoms with Crippen LogP contribution in [0.1, 0.15) is 25.8 Å². The third kappa shape index (κ3) is 3.58. The summed E-state index contributed by atoms with van der Waals surface area (Å²) in [6.45, 7) is 4.01. The van der Waals surface area contributed by atoms with Crippen LogP contribution in [-0.4, -0.2) is 48.8 Å². The Balaban J connectivity index is 1.47. The second-order valence-corrected chi connectivity index (χ2v) is 7.47. The number of amides is 2. The number of hydrogen-bond acceptors (Lipinski definition) is 7. The molecule has 8 heteroatoms. The molecule has 2 bridgehead atoms. The van der Waals surface area contributed by atoms with Crippen molar-refractivity contribution in [2.24, 2.45) is 28.8 Å². The van der Waals surface area contributed by atoms with E-state index < -0.39 is 5.97 Å². The summed E-state index contributed by atoms with van der Waals surface area (Å²) in [7, 11) is 0. The molecular formula is C22H24N2O6. The van der Waals surface area contributed by atoms with Gasteiger partial charge in [-0.15, -0.1) is 0 Å². The largest absolute Gasteiger partial charge is 0.490 e. The average Bonchev–Trinajstić information content (AvgIpc) is 3.41. The summed E-state index contributed by atoms with van der Waals surface area (Å²) >= 11 is 0. The Morgan fingerprint density at radius 2 is 1.77 bits per heavy atom. The fourth-order valence-electron chi connectivity index (χ4n) is 4.46. The number of carbonyl (C=O) groups excluding carboxylic acids is 3. The van der Waals surface area contributed by atoms with Crippen molar-refractivity contribution in [2.75, 3.05) is 19.8 Å². The molecule has 1 saturated heterocycles. The summed E-state index contributed by atoms with van der Waals surface area (Å²) < 4.78 is 15.9. The number of carbonyl (C=O) groups is 3. The molecule has 2 amide bonds. The molecule has 2 fully saturated rings. The molecule has 0 aromatic heterocycles. The number of hydrogen-bond donors (Lipinski definition) is 0. The van der Waals surface area contributed by atoms with Crippen molar-refractivity contribution < 1.29 is 28.6 Å². The van der Waals surface area contributed by atoms with Crippen molar-refractivity contribution in [3.8, 4) is 11.5 Å². The molecule has 3 aliphatic rings. The van der Waals surface area contributed by atoms with Crippen LogP contribution in [0.25, 0.3) is 0 Å². The van der Waals surface area contributed by atoms with Gasteiger partial charge in [-0.2, -0.15) is 10.1 Å².